The maximum absolute atomic E-state index is 6.06. The van der Waals surface area contributed by atoms with E-state index < -0.39 is 0 Å². The van der Waals surface area contributed by atoms with Crippen LogP contribution in [-0.2, 0) is 0 Å². The van der Waals surface area contributed by atoms with Gasteiger partial charge in [0.25, 0.3) is 0 Å². The number of aliphatic imine (C=N–C) groups is 1. The van der Waals surface area contributed by atoms with Gasteiger partial charge in [-0.05, 0) is 0 Å². The lowest BCUT2D eigenvalue weighted by Crippen LogP contribution is -2.26. The van der Waals surface area contributed by atoms with E-state index in [2.05, 4.69) is 21.8 Å². The molecule has 1 aliphatic rings. The Bertz CT molecular complexity index is 135. The van der Waals surface area contributed by atoms with Crippen LogP contribution < -0.4 is 22.5 Å². The van der Waals surface area contributed by atoms with Crippen molar-refractivity contribution >= 4 is 11.9 Å². The van der Waals surface area contributed by atoms with Crippen molar-refractivity contribution in [3.05, 3.63) is 0 Å². The lowest BCUT2D eigenvalue weighted by atomic mass is 10.7. The number of nitrogens with zero attached hydrogens (tertiary/aromatic N) is 1. The summed E-state index contributed by atoms with van der Waals surface area (Å²) in [6.07, 6.45) is 0. The first-order valence-electron chi connectivity index (χ1n) is 2.76. The van der Waals surface area contributed by atoms with E-state index in [1.807, 2.05) is 0 Å². The Balaban J connectivity index is 0.000000180. The molecule has 0 unspecified atom stereocenters. The van der Waals surface area contributed by atoms with Crippen molar-refractivity contribution in [3.63, 3.8) is 0 Å². The van der Waals surface area contributed by atoms with Crippen molar-refractivity contribution in [2.24, 2.45) is 22.2 Å². The number of rotatable bonds is 0. The topological polar surface area (TPSA) is 126 Å². The fourth-order valence-electron chi connectivity index (χ4n) is 0.416. The molecule has 0 spiro atoms. The van der Waals surface area contributed by atoms with E-state index in [1.165, 1.54) is 0 Å². The first-order chi connectivity index (χ1) is 4.63. The molecule has 0 aromatic rings. The molecule has 1 heterocycles. The summed E-state index contributed by atoms with van der Waals surface area (Å²) in [5.74, 6) is 0.245. The number of guanidine groups is 2. The van der Waals surface area contributed by atoms with E-state index in [4.69, 9.17) is 11.1 Å². The van der Waals surface area contributed by atoms with Gasteiger partial charge in [0.2, 0.25) is 0 Å². The van der Waals surface area contributed by atoms with Gasteiger partial charge in [-0.1, -0.05) is 0 Å². The Labute approximate surface area is 59.0 Å². The molecule has 8 N–H and O–H groups in total. The summed E-state index contributed by atoms with van der Waals surface area (Å²) in [7, 11) is 0. The smallest absolute Gasteiger partial charge is 0.188 e. The van der Waals surface area contributed by atoms with Crippen LogP contribution in [-0.4, -0.2) is 25.0 Å². The molecule has 0 fully saturated rings. The van der Waals surface area contributed by atoms with Gasteiger partial charge in [0.05, 0.1) is 6.54 Å². The van der Waals surface area contributed by atoms with Crippen LogP contribution in [0.1, 0.15) is 0 Å². The molecule has 0 amide bonds. The summed E-state index contributed by atoms with van der Waals surface area (Å²) in [6, 6.07) is 0. The SMILES string of the molecule is N=C(N)N.NC1=NCCN1. The summed E-state index contributed by atoms with van der Waals surface area (Å²) in [4.78, 5) is 3.82. The molecular weight excluding hydrogens is 132 g/mol. The Hall–Kier alpha value is -1.46. The predicted molar refractivity (Wildman–Crippen MR) is 40.6 cm³/mol. The van der Waals surface area contributed by atoms with Crippen LogP contribution in [0.3, 0.4) is 0 Å². The maximum atomic E-state index is 6.06. The Morgan fingerprint density at radius 3 is 2.20 bits per heavy atom. The van der Waals surface area contributed by atoms with Gasteiger partial charge in [0.1, 0.15) is 0 Å². The molecule has 6 nitrogen and oxygen atoms in total. The van der Waals surface area contributed by atoms with E-state index >= 15 is 0 Å². The van der Waals surface area contributed by atoms with Gasteiger partial charge < -0.3 is 22.5 Å². The standard InChI is InChI=1S/C3H7N3.CH5N3/c4-3-5-1-2-6-3;2-1(3)4/h1-2H2,(H3,4,5,6);(H5,2,3,4). The van der Waals surface area contributed by atoms with Gasteiger partial charge in [-0.2, -0.15) is 0 Å². The highest BCUT2D eigenvalue weighted by Gasteiger charge is 1.94. The van der Waals surface area contributed by atoms with Gasteiger partial charge in [0, 0.05) is 6.54 Å². The van der Waals surface area contributed by atoms with E-state index in [1.54, 1.807) is 0 Å². The van der Waals surface area contributed by atoms with Gasteiger partial charge in [-0.15, -0.1) is 0 Å². The van der Waals surface area contributed by atoms with Crippen LogP contribution in [0.15, 0.2) is 4.99 Å². The Morgan fingerprint density at radius 1 is 1.60 bits per heavy atom. The largest absolute Gasteiger partial charge is 0.370 e. The van der Waals surface area contributed by atoms with Crippen LogP contribution >= 0.6 is 0 Å². The summed E-state index contributed by atoms with van der Waals surface area (Å²) < 4.78 is 0. The third-order valence-corrected chi connectivity index (χ3v) is 0.700. The number of hydrogen-bond acceptors (Lipinski definition) is 4. The molecule has 0 bridgehead atoms. The highest BCUT2D eigenvalue weighted by Crippen LogP contribution is 1.74. The third-order valence-electron chi connectivity index (χ3n) is 0.700. The molecule has 0 atom stereocenters. The minimum absolute atomic E-state index is 0.333. The Morgan fingerprint density at radius 2 is 2.10 bits per heavy atom. The molecular formula is C4H12N6. The van der Waals surface area contributed by atoms with E-state index in [0.717, 1.165) is 13.1 Å². The third kappa shape index (κ3) is 6.54. The van der Waals surface area contributed by atoms with Gasteiger partial charge in [0.15, 0.2) is 11.9 Å². The molecule has 0 aromatic carbocycles. The number of hydrogen-bond donors (Lipinski definition) is 5. The van der Waals surface area contributed by atoms with Gasteiger partial charge >= 0.3 is 0 Å². The molecule has 0 radical (unpaired) electrons. The van der Waals surface area contributed by atoms with E-state index in [9.17, 15) is 0 Å². The lowest BCUT2D eigenvalue weighted by molar-refractivity contribution is 0.957. The fraction of sp³-hybridized carbons (Fsp3) is 0.500. The van der Waals surface area contributed by atoms with E-state index in [0.29, 0.717) is 5.96 Å². The zero-order chi connectivity index (χ0) is 7.98. The molecule has 1 aliphatic heterocycles. The van der Waals surface area contributed by atoms with Crippen LogP contribution in [0, 0.1) is 5.41 Å². The van der Waals surface area contributed by atoms with Gasteiger partial charge in [-0.25, -0.2) is 0 Å². The van der Waals surface area contributed by atoms with Crippen LogP contribution in [0.4, 0.5) is 0 Å². The van der Waals surface area contributed by atoms with Crippen LogP contribution in [0.2, 0.25) is 0 Å². The van der Waals surface area contributed by atoms with Crippen molar-refractivity contribution in [2.75, 3.05) is 13.1 Å². The predicted octanol–water partition coefficient (Wildman–Crippen LogP) is -2.26. The second-order valence-electron chi connectivity index (χ2n) is 1.65. The first kappa shape index (κ1) is 8.54. The highest BCUT2D eigenvalue weighted by molar-refractivity contribution is 5.79. The molecule has 0 aromatic heterocycles. The van der Waals surface area contributed by atoms with E-state index in [-0.39, 0.29) is 5.96 Å². The highest BCUT2D eigenvalue weighted by atomic mass is 15.1. The number of nitrogens with one attached hydrogen (secondary N) is 2. The zero-order valence-corrected chi connectivity index (χ0v) is 5.59. The molecule has 0 saturated carbocycles. The zero-order valence-electron chi connectivity index (χ0n) is 5.59. The normalized spacial score (nSPS) is 14.2. The van der Waals surface area contributed by atoms with Crippen molar-refractivity contribution in [2.45, 2.75) is 0 Å². The second-order valence-corrected chi connectivity index (χ2v) is 1.65. The fourth-order valence-corrected chi connectivity index (χ4v) is 0.416. The van der Waals surface area contributed by atoms with Crippen molar-refractivity contribution in [3.8, 4) is 0 Å². The van der Waals surface area contributed by atoms with Crippen molar-refractivity contribution in [1.82, 2.24) is 5.32 Å². The molecule has 10 heavy (non-hydrogen) atoms. The monoisotopic (exact) mass is 144 g/mol. The summed E-state index contributed by atoms with van der Waals surface area (Å²) in [5.41, 5.74) is 14.1. The average molecular weight is 144 g/mol. The number of nitrogens with two attached hydrogens (primary N) is 3. The molecule has 0 saturated heterocycles. The quantitative estimate of drug-likeness (QED) is 0.194. The minimum atomic E-state index is -0.333. The summed E-state index contributed by atoms with van der Waals surface area (Å²) >= 11 is 0. The van der Waals surface area contributed by atoms with Crippen LogP contribution in [0.25, 0.3) is 0 Å². The molecule has 6 heteroatoms. The lowest BCUT2D eigenvalue weighted by Gasteiger charge is -1.85. The molecule has 1 rings (SSSR count). The van der Waals surface area contributed by atoms with Crippen LogP contribution in [0.5, 0.6) is 0 Å². The summed E-state index contributed by atoms with van der Waals surface area (Å²) in [6.45, 7) is 1.75. The average Bonchev–Trinajstić information content (AvgIpc) is 2.15. The Kier molecular flexibility index (Phi) is 3.78. The maximum Gasteiger partial charge on any atom is 0.188 e. The van der Waals surface area contributed by atoms with Crippen molar-refractivity contribution in [1.29, 1.82) is 5.41 Å². The second kappa shape index (κ2) is 4.42. The first-order valence-corrected chi connectivity index (χ1v) is 2.76. The molecule has 58 valence electrons. The molecule has 0 aliphatic carbocycles. The minimum Gasteiger partial charge on any atom is -0.370 e. The summed E-state index contributed by atoms with van der Waals surface area (Å²) in [5, 5.41) is 8.90. The van der Waals surface area contributed by atoms with Crippen molar-refractivity contribution < 1.29 is 0 Å². The van der Waals surface area contributed by atoms with Gasteiger partial charge in [-0.3, -0.25) is 10.4 Å².